The molecule has 3 rings (SSSR count). The fourth-order valence-corrected chi connectivity index (χ4v) is 3.73. The van der Waals surface area contributed by atoms with Crippen LogP contribution in [0, 0.1) is 19.7 Å². The van der Waals surface area contributed by atoms with Crippen molar-refractivity contribution in [3.05, 3.63) is 64.0 Å². The number of phenolic OH excluding ortho intramolecular Hbond substituents is 1. The fraction of sp³-hybridized carbons (Fsp3) is 0.455. The lowest BCUT2D eigenvalue weighted by Gasteiger charge is -2.22. The summed E-state index contributed by atoms with van der Waals surface area (Å²) in [5, 5.41) is 20.1. The van der Waals surface area contributed by atoms with Crippen molar-refractivity contribution in [1.29, 1.82) is 0 Å². The number of benzene rings is 2. The minimum absolute atomic E-state index is 0.0644. The second-order valence-corrected chi connectivity index (χ2v) is 7.39. The number of aliphatic hydroxyl groups excluding tert-OH is 1. The van der Waals surface area contributed by atoms with Gasteiger partial charge in [0.15, 0.2) is 0 Å². The lowest BCUT2D eigenvalue weighted by Crippen LogP contribution is -2.29. The second-order valence-electron chi connectivity index (χ2n) is 7.39. The first-order chi connectivity index (χ1) is 12.5. The monoisotopic (exact) mass is 357 g/mol. The highest BCUT2D eigenvalue weighted by molar-refractivity contribution is 5.37. The highest BCUT2D eigenvalue weighted by Gasteiger charge is 2.21. The third kappa shape index (κ3) is 4.25. The van der Waals surface area contributed by atoms with E-state index in [1.807, 2.05) is 32.0 Å². The van der Waals surface area contributed by atoms with Crippen molar-refractivity contribution in [1.82, 2.24) is 4.90 Å². The Kier molecular flexibility index (Phi) is 5.94. The molecule has 0 bridgehead atoms. The average molecular weight is 357 g/mol. The Morgan fingerprint density at radius 1 is 1.15 bits per heavy atom. The van der Waals surface area contributed by atoms with Crippen molar-refractivity contribution < 1.29 is 14.6 Å². The zero-order valence-electron chi connectivity index (χ0n) is 15.6. The minimum Gasteiger partial charge on any atom is -0.508 e. The largest absolute Gasteiger partial charge is 0.508 e. The van der Waals surface area contributed by atoms with Gasteiger partial charge in [-0.3, -0.25) is 0 Å². The number of hydrogen-bond donors (Lipinski definition) is 2. The maximum Gasteiger partial charge on any atom is 0.129 e. The van der Waals surface area contributed by atoms with Crippen molar-refractivity contribution in [2.75, 3.05) is 19.6 Å². The van der Waals surface area contributed by atoms with Crippen LogP contribution in [-0.4, -0.2) is 34.7 Å². The number of nitrogens with zero attached hydrogens (tertiary/aromatic N) is 1. The normalized spacial score (nSPS) is 17.8. The van der Waals surface area contributed by atoms with E-state index in [4.69, 9.17) is 0 Å². The van der Waals surface area contributed by atoms with Gasteiger partial charge in [0.1, 0.15) is 11.6 Å². The number of hydrogen-bond acceptors (Lipinski definition) is 3. The van der Waals surface area contributed by atoms with E-state index >= 15 is 0 Å². The molecule has 1 unspecified atom stereocenters. The van der Waals surface area contributed by atoms with Gasteiger partial charge in [0, 0.05) is 13.1 Å². The van der Waals surface area contributed by atoms with Crippen LogP contribution in [0.5, 0.6) is 5.75 Å². The summed E-state index contributed by atoms with van der Waals surface area (Å²) in [5.41, 5.74) is 4.49. The molecule has 1 aliphatic rings. The number of β-amino-alcohol motifs (C(OH)–C–C–N with tert-alkyl or cyclic N) is 1. The molecule has 0 radical (unpaired) electrons. The summed E-state index contributed by atoms with van der Waals surface area (Å²) in [6.45, 7) is 6.14. The lowest BCUT2D eigenvalue weighted by atomic mass is 10.0. The Balaban J connectivity index is 1.51. The molecular weight excluding hydrogens is 329 g/mol. The van der Waals surface area contributed by atoms with E-state index in [9.17, 15) is 14.6 Å². The van der Waals surface area contributed by atoms with Crippen molar-refractivity contribution in [2.24, 2.45) is 0 Å². The molecule has 140 valence electrons. The molecule has 1 aliphatic heterocycles. The Morgan fingerprint density at radius 2 is 1.96 bits per heavy atom. The van der Waals surface area contributed by atoms with Crippen LogP contribution >= 0.6 is 0 Å². The van der Waals surface area contributed by atoms with Crippen LogP contribution in [0.2, 0.25) is 0 Å². The van der Waals surface area contributed by atoms with E-state index in [2.05, 4.69) is 4.90 Å². The molecule has 0 aliphatic carbocycles. The number of aliphatic hydroxyl groups is 1. The quantitative estimate of drug-likeness (QED) is 0.793. The topological polar surface area (TPSA) is 43.7 Å². The van der Waals surface area contributed by atoms with E-state index in [1.54, 1.807) is 12.1 Å². The number of phenols is 1. The molecule has 2 N–H and O–H groups in total. The van der Waals surface area contributed by atoms with E-state index in [0.717, 1.165) is 66.6 Å². The molecule has 1 heterocycles. The van der Waals surface area contributed by atoms with Crippen LogP contribution in [-0.2, 0) is 12.8 Å². The average Bonchev–Trinajstić information content (AvgIpc) is 2.77. The molecular formula is C22H28FNO2. The van der Waals surface area contributed by atoms with Gasteiger partial charge in [-0.1, -0.05) is 18.2 Å². The maximum absolute atomic E-state index is 14.3. The smallest absolute Gasteiger partial charge is 0.129 e. The Hall–Kier alpha value is -1.91. The zero-order chi connectivity index (χ0) is 18.7. The van der Waals surface area contributed by atoms with Crippen LogP contribution in [0.25, 0.3) is 0 Å². The molecule has 4 heteroatoms. The third-order valence-electron chi connectivity index (χ3n) is 5.52. The van der Waals surface area contributed by atoms with Gasteiger partial charge < -0.3 is 15.1 Å². The van der Waals surface area contributed by atoms with Gasteiger partial charge in [0.25, 0.3) is 0 Å². The highest BCUT2D eigenvalue weighted by atomic mass is 19.1. The number of rotatable bonds is 5. The molecule has 2 aromatic carbocycles. The second kappa shape index (κ2) is 8.19. The summed E-state index contributed by atoms with van der Waals surface area (Å²) in [5.74, 6) is 0.185. The van der Waals surface area contributed by atoms with Gasteiger partial charge in [0.2, 0.25) is 0 Å². The van der Waals surface area contributed by atoms with Gasteiger partial charge in [-0.15, -0.1) is 0 Å². The van der Waals surface area contributed by atoms with Crippen LogP contribution in [0.3, 0.4) is 0 Å². The van der Waals surface area contributed by atoms with Crippen molar-refractivity contribution >= 4 is 0 Å². The predicted molar refractivity (Wildman–Crippen MR) is 102 cm³/mol. The van der Waals surface area contributed by atoms with Crippen molar-refractivity contribution in [2.45, 2.75) is 45.6 Å². The van der Waals surface area contributed by atoms with Crippen molar-refractivity contribution in [3.8, 4) is 5.75 Å². The van der Waals surface area contributed by atoms with Crippen LogP contribution in [0.15, 0.2) is 30.3 Å². The first-order valence-corrected chi connectivity index (χ1v) is 9.42. The molecule has 0 aromatic heterocycles. The summed E-state index contributed by atoms with van der Waals surface area (Å²) < 4.78 is 14.3. The van der Waals surface area contributed by atoms with Gasteiger partial charge in [-0.2, -0.15) is 0 Å². The zero-order valence-corrected chi connectivity index (χ0v) is 15.6. The number of halogens is 1. The van der Waals surface area contributed by atoms with E-state index in [0.29, 0.717) is 6.54 Å². The minimum atomic E-state index is -0.523. The Morgan fingerprint density at radius 3 is 2.77 bits per heavy atom. The molecule has 3 nitrogen and oxygen atoms in total. The Bertz CT molecular complexity index is 775. The third-order valence-corrected chi connectivity index (χ3v) is 5.52. The van der Waals surface area contributed by atoms with Crippen LogP contribution in [0.1, 0.15) is 46.8 Å². The van der Waals surface area contributed by atoms with Crippen LogP contribution in [0.4, 0.5) is 4.39 Å². The summed E-state index contributed by atoms with van der Waals surface area (Å²) in [6, 6.07) is 9.10. The first-order valence-electron chi connectivity index (χ1n) is 9.42. The SMILES string of the molecule is Cc1ccc(CCCCN2CCc3cc(O)ccc3C(O)C2)c(F)c1C. The number of fused-ring (bicyclic) bond motifs is 1. The van der Waals surface area contributed by atoms with Gasteiger partial charge in [-0.05, 0) is 86.0 Å². The van der Waals surface area contributed by atoms with Crippen LogP contribution < -0.4 is 0 Å². The molecule has 2 aromatic rings. The van der Waals surface area contributed by atoms with E-state index in [1.165, 1.54) is 0 Å². The number of aromatic hydroxyl groups is 1. The Labute approximate surface area is 155 Å². The summed E-state index contributed by atoms with van der Waals surface area (Å²) in [4.78, 5) is 2.26. The maximum atomic E-state index is 14.3. The van der Waals surface area contributed by atoms with Crippen molar-refractivity contribution in [3.63, 3.8) is 0 Å². The highest BCUT2D eigenvalue weighted by Crippen LogP contribution is 2.27. The lowest BCUT2D eigenvalue weighted by molar-refractivity contribution is 0.119. The summed E-state index contributed by atoms with van der Waals surface area (Å²) >= 11 is 0. The van der Waals surface area contributed by atoms with E-state index in [-0.39, 0.29) is 11.6 Å². The molecule has 0 saturated carbocycles. The number of unbranched alkanes of at least 4 members (excludes halogenated alkanes) is 1. The van der Waals surface area contributed by atoms with Gasteiger partial charge in [-0.25, -0.2) is 4.39 Å². The fourth-order valence-electron chi connectivity index (χ4n) is 3.73. The standard InChI is InChI=1S/C22H28FNO2/c1-15-6-7-17(22(23)16(15)2)5-3-4-11-24-12-10-18-13-19(25)8-9-20(18)21(26)14-24/h6-9,13,21,25-26H,3-5,10-12,14H2,1-2H3. The van der Waals surface area contributed by atoms with Gasteiger partial charge in [0.05, 0.1) is 6.10 Å². The molecule has 0 spiro atoms. The van der Waals surface area contributed by atoms with E-state index < -0.39 is 6.10 Å². The molecule has 1 atom stereocenters. The molecule has 0 amide bonds. The molecule has 0 fully saturated rings. The predicted octanol–water partition coefficient (Wildman–Crippen LogP) is 4.06. The molecule has 0 saturated heterocycles. The number of aryl methyl sites for hydroxylation is 2. The summed E-state index contributed by atoms with van der Waals surface area (Å²) in [7, 11) is 0. The first kappa shape index (κ1) is 18.9. The summed E-state index contributed by atoms with van der Waals surface area (Å²) in [6.07, 6.45) is 2.95. The van der Waals surface area contributed by atoms with Gasteiger partial charge >= 0.3 is 0 Å². The molecule has 26 heavy (non-hydrogen) atoms.